The van der Waals surface area contributed by atoms with Gasteiger partial charge in [-0.1, -0.05) is 0 Å². The number of nitrogens with zero attached hydrogens (tertiary/aromatic N) is 2. The lowest BCUT2D eigenvalue weighted by molar-refractivity contribution is -0.136. The van der Waals surface area contributed by atoms with E-state index in [1.165, 1.54) is 0 Å². The SMILES string of the molecule is O=C(O)Cc1cnn(C2CCCCO2)c1. The molecular weight excluding hydrogens is 196 g/mol. The lowest BCUT2D eigenvalue weighted by Gasteiger charge is -2.22. The van der Waals surface area contributed by atoms with Gasteiger partial charge in [0.25, 0.3) is 0 Å². The average Bonchev–Trinajstić information content (AvgIpc) is 2.67. The van der Waals surface area contributed by atoms with Crippen molar-refractivity contribution < 1.29 is 14.6 Å². The third-order valence-corrected chi connectivity index (χ3v) is 2.46. The van der Waals surface area contributed by atoms with Crippen molar-refractivity contribution in [3.05, 3.63) is 18.0 Å². The van der Waals surface area contributed by atoms with Gasteiger partial charge in [-0.15, -0.1) is 0 Å². The molecule has 0 saturated carbocycles. The van der Waals surface area contributed by atoms with Crippen LogP contribution >= 0.6 is 0 Å². The maximum Gasteiger partial charge on any atom is 0.307 e. The fourth-order valence-electron chi connectivity index (χ4n) is 1.73. The van der Waals surface area contributed by atoms with Gasteiger partial charge in [0.1, 0.15) is 6.23 Å². The topological polar surface area (TPSA) is 64.3 Å². The monoisotopic (exact) mass is 210 g/mol. The van der Waals surface area contributed by atoms with Crippen LogP contribution in [0.3, 0.4) is 0 Å². The van der Waals surface area contributed by atoms with Crippen LogP contribution in [0.5, 0.6) is 0 Å². The number of aromatic nitrogens is 2. The third kappa shape index (κ3) is 2.56. The summed E-state index contributed by atoms with van der Waals surface area (Å²) in [4.78, 5) is 10.5. The molecule has 1 aromatic heterocycles. The summed E-state index contributed by atoms with van der Waals surface area (Å²) in [6.45, 7) is 0.763. The van der Waals surface area contributed by atoms with Gasteiger partial charge in [0.15, 0.2) is 0 Å². The molecule has 0 bridgehead atoms. The number of hydrogen-bond donors (Lipinski definition) is 1. The Balaban J connectivity index is 2.02. The van der Waals surface area contributed by atoms with Crippen LogP contribution in [-0.4, -0.2) is 27.5 Å². The van der Waals surface area contributed by atoms with E-state index in [0.29, 0.717) is 0 Å². The third-order valence-electron chi connectivity index (χ3n) is 2.46. The predicted molar refractivity (Wildman–Crippen MR) is 52.4 cm³/mol. The Bertz CT molecular complexity index is 342. The van der Waals surface area contributed by atoms with E-state index in [2.05, 4.69) is 5.10 Å². The van der Waals surface area contributed by atoms with Crippen LogP contribution in [0.4, 0.5) is 0 Å². The lowest BCUT2D eigenvalue weighted by atomic mass is 10.2. The van der Waals surface area contributed by atoms with Gasteiger partial charge in [-0.05, 0) is 19.3 Å². The summed E-state index contributed by atoms with van der Waals surface area (Å²) < 4.78 is 7.26. The van der Waals surface area contributed by atoms with Crippen LogP contribution in [0.25, 0.3) is 0 Å². The first-order chi connectivity index (χ1) is 7.25. The molecule has 1 atom stereocenters. The highest BCUT2D eigenvalue weighted by Gasteiger charge is 2.16. The zero-order valence-corrected chi connectivity index (χ0v) is 8.43. The number of hydrogen-bond acceptors (Lipinski definition) is 3. The highest BCUT2D eigenvalue weighted by molar-refractivity contribution is 5.69. The quantitative estimate of drug-likeness (QED) is 0.814. The van der Waals surface area contributed by atoms with E-state index in [4.69, 9.17) is 9.84 Å². The Morgan fingerprint density at radius 2 is 2.53 bits per heavy atom. The molecule has 0 spiro atoms. The minimum atomic E-state index is -0.834. The predicted octanol–water partition coefficient (Wildman–Crippen LogP) is 1.21. The van der Waals surface area contributed by atoms with Crippen molar-refractivity contribution in [3.63, 3.8) is 0 Å². The van der Waals surface area contributed by atoms with E-state index in [1.807, 2.05) is 0 Å². The molecule has 0 aromatic carbocycles. The molecule has 5 nitrogen and oxygen atoms in total. The summed E-state index contributed by atoms with van der Waals surface area (Å²) in [7, 11) is 0. The maximum absolute atomic E-state index is 10.5. The number of aliphatic carboxylic acids is 1. The van der Waals surface area contributed by atoms with Crippen molar-refractivity contribution in [1.29, 1.82) is 0 Å². The minimum absolute atomic E-state index is 0.0127. The van der Waals surface area contributed by atoms with Gasteiger partial charge in [0.05, 0.1) is 12.6 Å². The molecule has 1 N–H and O–H groups in total. The highest BCUT2D eigenvalue weighted by Crippen LogP contribution is 2.21. The van der Waals surface area contributed by atoms with E-state index in [1.54, 1.807) is 17.1 Å². The number of carboxylic acids is 1. The lowest BCUT2D eigenvalue weighted by Crippen LogP contribution is -2.18. The molecule has 1 fully saturated rings. The molecule has 1 aromatic rings. The molecule has 1 unspecified atom stereocenters. The second-order valence-corrected chi connectivity index (χ2v) is 3.72. The summed E-state index contributed by atoms with van der Waals surface area (Å²) >= 11 is 0. The number of ether oxygens (including phenoxy) is 1. The number of carbonyl (C=O) groups is 1. The van der Waals surface area contributed by atoms with Crippen molar-refractivity contribution in [2.75, 3.05) is 6.61 Å². The first kappa shape index (κ1) is 10.2. The van der Waals surface area contributed by atoms with Crippen LogP contribution in [0.15, 0.2) is 12.4 Å². The Labute approximate surface area is 87.7 Å². The largest absolute Gasteiger partial charge is 0.481 e. The van der Waals surface area contributed by atoms with Crippen LogP contribution in [0.1, 0.15) is 31.1 Å². The fraction of sp³-hybridized carbons (Fsp3) is 0.600. The zero-order valence-electron chi connectivity index (χ0n) is 8.43. The van der Waals surface area contributed by atoms with Crippen molar-refractivity contribution >= 4 is 5.97 Å². The molecule has 0 aliphatic carbocycles. The smallest absolute Gasteiger partial charge is 0.307 e. The van der Waals surface area contributed by atoms with Gasteiger partial charge in [0, 0.05) is 18.4 Å². The Morgan fingerprint density at radius 1 is 1.67 bits per heavy atom. The maximum atomic E-state index is 10.5. The van der Waals surface area contributed by atoms with Crippen molar-refractivity contribution in [3.8, 4) is 0 Å². The summed E-state index contributed by atoms with van der Waals surface area (Å²) in [6, 6.07) is 0. The van der Waals surface area contributed by atoms with Crippen LogP contribution < -0.4 is 0 Å². The first-order valence-corrected chi connectivity index (χ1v) is 5.12. The first-order valence-electron chi connectivity index (χ1n) is 5.12. The molecule has 2 rings (SSSR count). The van der Waals surface area contributed by atoms with E-state index in [9.17, 15) is 4.79 Å². The Morgan fingerprint density at radius 3 is 3.20 bits per heavy atom. The zero-order chi connectivity index (χ0) is 10.7. The van der Waals surface area contributed by atoms with Crippen molar-refractivity contribution in [1.82, 2.24) is 9.78 Å². The molecule has 82 valence electrons. The molecule has 1 aliphatic heterocycles. The Hall–Kier alpha value is -1.36. The fourth-order valence-corrected chi connectivity index (χ4v) is 1.73. The molecule has 5 heteroatoms. The molecule has 1 saturated heterocycles. The summed E-state index contributed by atoms with van der Waals surface area (Å²) in [6.07, 6.45) is 6.54. The summed E-state index contributed by atoms with van der Waals surface area (Å²) in [5.74, 6) is -0.834. The van der Waals surface area contributed by atoms with E-state index >= 15 is 0 Å². The summed E-state index contributed by atoms with van der Waals surface area (Å²) in [5, 5.41) is 12.7. The number of carboxylic acid groups (broad SMARTS) is 1. The van der Waals surface area contributed by atoms with Crippen LogP contribution in [-0.2, 0) is 16.0 Å². The van der Waals surface area contributed by atoms with Gasteiger partial charge in [-0.2, -0.15) is 5.10 Å². The minimum Gasteiger partial charge on any atom is -0.481 e. The van der Waals surface area contributed by atoms with Crippen LogP contribution in [0, 0.1) is 0 Å². The Kier molecular flexibility index (Phi) is 3.01. The van der Waals surface area contributed by atoms with E-state index < -0.39 is 5.97 Å². The summed E-state index contributed by atoms with van der Waals surface area (Å²) in [5.41, 5.74) is 0.719. The number of rotatable bonds is 3. The second-order valence-electron chi connectivity index (χ2n) is 3.72. The second kappa shape index (κ2) is 4.44. The van der Waals surface area contributed by atoms with Gasteiger partial charge in [-0.3, -0.25) is 4.79 Å². The standard InChI is InChI=1S/C10H14N2O3/c13-10(14)5-8-6-11-12(7-8)9-3-1-2-4-15-9/h6-7,9H,1-5H2,(H,13,14). The molecular formula is C10H14N2O3. The normalized spacial score (nSPS) is 21.5. The van der Waals surface area contributed by atoms with Gasteiger partial charge in [-0.25, -0.2) is 4.68 Å². The van der Waals surface area contributed by atoms with Gasteiger partial charge >= 0.3 is 5.97 Å². The van der Waals surface area contributed by atoms with Gasteiger partial charge in [0.2, 0.25) is 0 Å². The molecule has 1 aliphatic rings. The average molecular weight is 210 g/mol. The highest BCUT2D eigenvalue weighted by atomic mass is 16.5. The van der Waals surface area contributed by atoms with E-state index in [0.717, 1.165) is 31.4 Å². The molecule has 0 radical (unpaired) electrons. The van der Waals surface area contributed by atoms with Crippen molar-refractivity contribution in [2.45, 2.75) is 31.9 Å². The molecule has 2 heterocycles. The van der Waals surface area contributed by atoms with Gasteiger partial charge < -0.3 is 9.84 Å². The van der Waals surface area contributed by atoms with Crippen LogP contribution in [0.2, 0.25) is 0 Å². The molecule has 0 amide bonds. The molecule has 15 heavy (non-hydrogen) atoms. The van der Waals surface area contributed by atoms with E-state index in [-0.39, 0.29) is 12.6 Å². The van der Waals surface area contributed by atoms with Crippen molar-refractivity contribution in [2.24, 2.45) is 0 Å².